The van der Waals surface area contributed by atoms with Crippen molar-refractivity contribution in [3.8, 4) is 0 Å². The van der Waals surface area contributed by atoms with Crippen LogP contribution in [-0.2, 0) is 6.42 Å². The average Bonchev–Trinajstić information content (AvgIpc) is 2.92. The van der Waals surface area contributed by atoms with E-state index in [1.54, 1.807) is 28.7 Å². The molecule has 2 aromatic heterocycles. The van der Waals surface area contributed by atoms with Crippen LogP contribution in [-0.4, -0.2) is 0 Å². The summed E-state index contributed by atoms with van der Waals surface area (Å²) in [5.41, 5.74) is 0.760. The number of alkyl halides is 1. The molecule has 3 aromatic rings. The third-order valence-electron chi connectivity index (χ3n) is 2.82. The standard InChI is InChI=1S/C14H10BrFS2/c15-10(7-9-3-1-2-4-11(9)16)13-8-14-12(18-13)5-6-17-14/h1-6,8,10H,7H2. The second-order valence-corrected chi connectivity index (χ2v) is 7.23. The minimum absolute atomic E-state index is 0.125. The Balaban J connectivity index is 1.85. The van der Waals surface area contributed by atoms with Crippen molar-refractivity contribution < 1.29 is 4.39 Å². The van der Waals surface area contributed by atoms with Crippen molar-refractivity contribution in [1.29, 1.82) is 0 Å². The number of hydrogen-bond acceptors (Lipinski definition) is 2. The van der Waals surface area contributed by atoms with E-state index in [2.05, 4.69) is 33.4 Å². The van der Waals surface area contributed by atoms with E-state index in [9.17, 15) is 4.39 Å². The van der Waals surface area contributed by atoms with Gasteiger partial charge in [0.05, 0.1) is 4.83 Å². The van der Waals surface area contributed by atoms with E-state index in [0.717, 1.165) is 5.56 Å². The van der Waals surface area contributed by atoms with E-state index in [0.29, 0.717) is 6.42 Å². The second-order valence-electron chi connectivity index (χ2n) is 4.06. The first kappa shape index (κ1) is 12.3. The Hall–Kier alpha value is -0.710. The lowest BCUT2D eigenvalue weighted by Crippen LogP contribution is -1.95. The van der Waals surface area contributed by atoms with Crippen LogP contribution in [0.4, 0.5) is 4.39 Å². The van der Waals surface area contributed by atoms with Gasteiger partial charge in [0.1, 0.15) is 5.82 Å². The molecule has 0 radical (unpaired) electrons. The molecule has 0 aliphatic carbocycles. The Labute approximate surface area is 121 Å². The maximum absolute atomic E-state index is 13.6. The lowest BCUT2D eigenvalue weighted by Gasteiger charge is -2.08. The van der Waals surface area contributed by atoms with E-state index >= 15 is 0 Å². The van der Waals surface area contributed by atoms with Crippen molar-refractivity contribution in [3.63, 3.8) is 0 Å². The van der Waals surface area contributed by atoms with E-state index < -0.39 is 0 Å². The first-order valence-electron chi connectivity index (χ1n) is 5.58. The van der Waals surface area contributed by atoms with Crippen molar-refractivity contribution >= 4 is 48.0 Å². The molecule has 1 unspecified atom stereocenters. The topological polar surface area (TPSA) is 0 Å². The minimum Gasteiger partial charge on any atom is -0.207 e. The Bertz CT molecular complexity index is 643. The molecule has 0 N–H and O–H groups in total. The third kappa shape index (κ3) is 2.37. The molecular weight excluding hydrogens is 331 g/mol. The highest BCUT2D eigenvalue weighted by Crippen LogP contribution is 2.38. The highest BCUT2D eigenvalue weighted by molar-refractivity contribution is 9.09. The van der Waals surface area contributed by atoms with E-state index in [1.807, 2.05) is 12.1 Å². The summed E-state index contributed by atoms with van der Waals surface area (Å²) in [6, 6.07) is 11.3. The molecule has 0 fully saturated rings. The first-order valence-corrected chi connectivity index (χ1v) is 8.19. The summed E-state index contributed by atoms with van der Waals surface area (Å²) >= 11 is 7.20. The van der Waals surface area contributed by atoms with Crippen LogP contribution >= 0.6 is 38.6 Å². The lowest BCUT2D eigenvalue weighted by atomic mass is 10.1. The minimum atomic E-state index is -0.125. The average molecular weight is 341 g/mol. The van der Waals surface area contributed by atoms with Crippen molar-refractivity contribution in [2.75, 3.05) is 0 Å². The molecule has 0 spiro atoms. The molecule has 92 valence electrons. The van der Waals surface area contributed by atoms with Crippen LogP contribution in [0, 0.1) is 5.82 Å². The molecule has 0 saturated heterocycles. The van der Waals surface area contributed by atoms with Crippen molar-refractivity contribution in [2.24, 2.45) is 0 Å². The predicted octanol–water partition coefficient (Wildman–Crippen LogP) is 5.78. The van der Waals surface area contributed by atoms with Gasteiger partial charge in [-0.3, -0.25) is 0 Å². The van der Waals surface area contributed by atoms with E-state index in [4.69, 9.17) is 0 Å². The highest BCUT2D eigenvalue weighted by Gasteiger charge is 2.14. The molecule has 0 amide bonds. The summed E-state index contributed by atoms with van der Waals surface area (Å²) in [5.74, 6) is -0.125. The van der Waals surface area contributed by atoms with Gasteiger partial charge in [-0.25, -0.2) is 4.39 Å². The molecule has 0 bridgehead atoms. The molecule has 1 aromatic carbocycles. The summed E-state index contributed by atoms with van der Waals surface area (Å²) < 4.78 is 16.2. The number of rotatable bonds is 3. The maximum atomic E-state index is 13.6. The van der Waals surface area contributed by atoms with Crippen molar-refractivity contribution in [2.45, 2.75) is 11.2 Å². The van der Waals surface area contributed by atoms with Crippen LogP contribution in [0.25, 0.3) is 9.40 Å². The van der Waals surface area contributed by atoms with E-state index in [1.165, 1.54) is 20.3 Å². The summed E-state index contributed by atoms with van der Waals surface area (Å²) in [5, 5.41) is 2.10. The predicted molar refractivity (Wildman–Crippen MR) is 81.5 cm³/mol. The number of hydrogen-bond donors (Lipinski definition) is 0. The monoisotopic (exact) mass is 340 g/mol. The summed E-state index contributed by atoms with van der Waals surface area (Å²) in [6.07, 6.45) is 0.681. The fourth-order valence-electron chi connectivity index (χ4n) is 1.90. The van der Waals surface area contributed by atoms with Gasteiger partial charge in [0.2, 0.25) is 0 Å². The van der Waals surface area contributed by atoms with Crippen LogP contribution in [0.15, 0.2) is 41.8 Å². The maximum Gasteiger partial charge on any atom is 0.126 e. The summed E-state index contributed by atoms with van der Waals surface area (Å²) in [4.78, 5) is 1.44. The van der Waals surface area contributed by atoms with Crippen LogP contribution in [0.5, 0.6) is 0 Å². The molecule has 3 rings (SSSR count). The lowest BCUT2D eigenvalue weighted by molar-refractivity contribution is 0.608. The Morgan fingerprint density at radius 1 is 1.17 bits per heavy atom. The largest absolute Gasteiger partial charge is 0.207 e. The first-order chi connectivity index (χ1) is 8.74. The molecule has 0 nitrogen and oxygen atoms in total. The van der Waals surface area contributed by atoms with Crippen molar-refractivity contribution in [3.05, 3.63) is 58.0 Å². The van der Waals surface area contributed by atoms with Gasteiger partial charge in [-0.05, 0) is 35.6 Å². The zero-order valence-electron chi connectivity index (χ0n) is 9.40. The number of fused-ring (bicyclic) bond motifs is 1. The Kier molecular flexibility index (Phi) is 3.50. The van der Waals surface area contributed by atoms with Gasteiger partial charge in [-0.1, -0.05) is 34.1 Å². The second kappa shape index (κ2) is 5.11. The SMILES string of the molecule is Fc1ccccc1CC(Br)c1cc2sccc2s1. The van der Waals surface area contributed by atoms with Crippen LogP contribution in [0.2, 0.25) is 0 Å². The zero-order chi connectivity index (χ0) is 12.5. The third-order valence-corrected chi connectivity index (χ3v) is 6.15. The Morgan fingerprint density at radius 2 is 2.00 bits per heavy atom. The number of halogens is 2. The smallest absolute Gasteiger partial charge is 0.126 e. The van der Waals surface area contributed by atoms with E-state index in [-0.39, 0.29) is 10.6 Å². The molecule has 0 aliphatic heterocycles. The molecule has 1 atom stereocenters. The highest BCUT2D eigenvalue weighted by atomic mass is 79.9. The van der Waals surface area contributed by atoms with Crippen LogP contribution in [0.1, 0.15) is 15.3 Å². The number of benzene rings is 1. The molecule has 2 heterocycles. The van der Waals surface area contributed by atoms with Gasteiger partial charge in [-0.2, -0.15) is 0 Å². The van der Waals surface area contributed by atoms with Gasteiger partial charge in [-0.15, -0.1) is 22.7 Å². The molecule has 18 heavy (non-hydrogen) atoms. The van der Waals surface area contributed by atoms with Crippen LogP contribution in [0.3, 0.4) is 0 Å². The summed E-state index contributed by atoms with van der Waals surface area (Å²) in [6.45, 7) is 0. The molecule has 0 aliphatic rings. The normalized spacial score (nSPS) is 13.0. The number of thiophene rings is 2. The van der Waals surface area contributed by atoms with Gasteiger partial charge in [0.15, 0.2) is 0 Å². The quantitative estimate of drug-likeness (QED) is 0.530. The van der Waals surface area contributed by atoms with Gasteiger partial charge in [0, 0.05) is 14.3 Å². The summed E-state index contributed by atoms with van der Waals surface area (Å²) in [7, 11) is 0. The molecule has 0 saturated carbocycles. The fourth-order valence-corrected chi connectivity index (χ4v) is 4.76. The van der Waals surface area contributed by atoms with Gasteiger partial charge >= 0.3 is 0 Å². The zero-order valence-corrected chi connectivity index (χ0v) is 12.6. The van der Waals surface area contributed by atoms with Crippen molar-refractivity contribution in [1.82, 2.24) is 0 Å². The van der Waals surface area contributed by atoms with Crippen LogP contribution < -0.4 is 0 Å². The van der Waals surface area contributed by atoms with Gasteiger partial charge < -0.3 is 0 Å². The fraction of sp³-hybridized carbons (Fsp3) is 0.143. The van der Waals surface area contributed by atoms with Gasteiger partial charge in [0.25, 0.3) is 0 Å². The molecule has 4 heteroatoms. The Morgan fingerprint density at radius 3 is 2.78 bits per heavy atom. The molecular formula is C14H10BrFS2.